The Hall–Kier alpha value is -1.51. The summed E-state index contributed by atoms with van der Waals surface area (Å²) in [5.74, 6) is 0.0847. The summed E-state index contributed by atoms with van der Waals surface area (Å²) in [4.78, 5) is 10.7. The van der Waals surface area contributed by atoms with Crippen molar-refractivity contribution in [3.8, 4) is 0 Å². The molecule has 0 atom stereocenters. The molecule has 0 heterocycles. The fourth-order valence-corrected chi connectivity index (χ4v) is 2.59. The van der Waals surface area contributed by atoms with E-state index in [1.807, 2.05) is 12.1 Å². The maximum atomic E-state index is 10.7. The highest BCUT2D eigenvalue weighted by molar-refractivity contribution is 5.87. The van der Waals surface area contributed by atoms with E-state index in [-0.39, 0.29) is 0 Å². The lowest BCUT2D eigenvalue weighted by atomic mass is 10.0. The predicted molar refractivity (Wildman–Crippen MR) is 66.3 cm³/mol. The van der Waals surface area contributed by atoms with Crippen LogP contribution in [-0.4, -0.2) is 17.6 Å². The first-order chi connectivity index (χ1) is 8.20. The first-order valence-electron chi connectivity index (χ1n) is 6.27. The normalized spacial score (nSPS) is 20.9. The molecule has 2 aliphatic carbocycles. The van der Waals surface area contributed by atoms with Crippen molar-refractivity contribution in [2.75, 3.05) is 11.9 Å². The number of hydrogen-bond donors (Lipinski definition) is 2. The molecule has 17 heavy (non-hydrogen) atoms. The van der Waals surface area contributed by atoms with Crippen LogP contribution in [-0.2, 0) is 0 Å². The summed E-state index contributed by atoms with van der Waals surface area (Å²) in [5, 5.41) is 12.2. The number of carboxylic acids is 1. The van der Waals surface area contributed by atoms with Crippen LogP contribution >= 0.6 is 0 Å². The summed E-state index contributed by atoms with van der Waals surface area (Å²) in [5.41, 5.74) is 1.95. The van der Waals surface area contributed by atoms with Crippen LogP contribution in [0.2, 0.25) is 0 Å². The zero-order valence-electron chi connectivity index (χ0n) is 9.78. The molecule has 0 bridgehead atoms. The molecule has 1 aromatic rings. The molecule has 0 spiro atoms. The minimum atomic E-state index is -0.867. The lowest BCUT2D eigenvalue weighted by molar-refractivity contribution is 0.0697. The van der Waals surface area contributed by atoms with Gasteiger partial charge in [0.25, 0.3) is 0 Å². The number of hydrogen-bond acceptors (Lipinski definition) is 2. The van der Waals surface area contributed by atoms with Gasteiger partial charge in [0.15, 0.2) is 0 Å². The zero-order chi connectivity index (χ0) is 11.9. The topological polar surface area (TPSA) is 49.3 Å². The smallest absolute Gasteiger partial charge is 0.335 e. The van der Waals surface area contributed by atoms with E-state index in [2.05, 4.69) is 5.32 Å². The first-order valence-corrected chi connectivity index (χ1v) is 6.27. The van der Waals surface area contributed by atoms with Gasteiger partial charge in [-0.25, -0.2) is 4.79 Å². The van der Waals surface area contributed by atoms with Gasteiger partial charge in [-0.3, -0.25) is 0 Å². The standard InChI is InChI=1S/C14H17NO2/c16-13(17)10-1-5-12(6-2-10)15-9-14(7-8-14)11-3-4-11/h1-2,5-6,11,15H,3-4,7-9H2,(H,16,17). The van der Waals surface area contributed by atoms with Gasteiger partial charge in [0.05, 0.1) is 5.56 Å². The van der Waals surface area contributed by atoms with Gasteiger partial charge in [0.1, 0.15) is 0 Å². The Bertz CT molecular complexity index is 430. The van der Waals surface area contributed by atoms with Gasteiger partial charge < -0.3 is 10.4 Å². The fourth-order valence-electron chi connectivity index (χ4n) is 2.59. The molecule has 2 N–H and O–H groups in total. The van der Waals surface area contributed by atoms with Gasteiger partial charge in [0.2, 0.25) is 0 Å². The lowest BCUT2D eigenvalue weighted by Crippen LogP contribution is -2.17. The van der Waals surface area contributed by atoms with Crippen LogP contribution in [0.25, 0.3) is 0 Å². The molecular formula is C14H17NO2. The van der Waals surface area contributed by atoms with Crippen molar-refractivity contribution >= 4 is 11.7 Å². The highest BCUT2D eigenvalue weighted by Gasteiger charge is 2.53. The van der Waals surface area contributed by atoms with Gasteiger partial charge in [-0.15, -0.1) is 0 Å². The Morgan fingerprint density at radius 3 is 2.41 bits per heavy atom. The molecule has 90 valence electrons. The van der Waals surface area contributed by atoms with E-state index >= 15 is 0 Å². The first kappa shape index (κ1) is 10.6. The minimum absolute atomic E-state index is 0.346. The molecule has 2 aliphatic rings. The third kappa shape index (κ3) is 2.14. The molecule has 1 aromatic carbocycles. The molecule has 0 saturated heterocycles. The summed E-state index contributed by atoms with van der Waals surface area (Å²) >= 11 is 0. The SMILES string of the molecule is O=C(O)c1ccc(NCC2(C3CC3)CC2)cc1. The Labute approximate surface area is 101 Å². The van der Waals surface area contributed by atoms with Crippen LogP contribution in [0.5, 0.6) is 0 Å². The molecule has 3 nitrogen and oxygen atoms in total. The second kappa shape index (κ2) is 3.76. The predicted octanol–water partition coefficient (Wildman–Crippen LogP) is 2.99. The zero-order valence-corrected chi connectivity index (χ0v) is 9.78. The third-order valence-electron chi connectivity index (χ3n) is 4.11. The van der Waals surface area contributed by atoms with Crippen molar-refractivity contribution in [1.82, 2.24) is 0 Å². The monoisotopic (exact) mass is 231 g/mol. The van der Waals surface area contributed by atoms with Crippen molar-refractivity contribution in [1.29, 1.82) is 0 Å². The van der Waals surface area contributed by atoms with E-state index in [0.717, 1.165) is 18.2 Å². The van der Waals surface area contributed by atoms with Crippen LogP contribution in [0.3, 0.4) is 0 Å². The molecule has 2 fully saturated rings. The van der Waals surface area contributed by atoms with Crippen LogP contribution < -0.4 is 5.32 Å². The lowest BCUT2D eigenvalue weighted by Gasteiger charge is -2.15. The number of benzene rings is 1. The Kier molecular flexibility index (Phi) is 2.35. The van der Waals surface area contributed by atoms with Crippen LogP contribution in [0, 0.1) is 11.3 Å². The summed E-state index contributed by atoms with van der Waals surface area (Å²) < 4.78 is 0. The minimum Gasteiger partial charge on any atom is -0.478 e. The van der Waals surface area contributed by atoms with E-state index in [0.29, 0.717) is 11.0 Å². The summed E-state index contributed by atoms with van der Waals surface area (Å²) in [6, 6.07) is 7.02. The van der Waals surface area contributed by atoms with Gasteiger partial charge in [-0.2, -0.15) is 0 Å². The van der Waals surface area contributed by atoms with E-state index in [1.54, 1.807) is 12.1 Å². The number of aromatic carboxylic acids is 1. The maximum absolute atomic E-state index is 10.7. The molecule has 3 heteroatoms. The molecule has 2 saturated carbocycles. The Morgan fingerprint density at radius 2 is 1.94 bits per heavy atom. The number of nitrogens with one attached hydrogen (secondary N) is 1. The van der Waals surface area contributed by atoms with Gasteiger partial charge in [0, 0.05) is 12.2 Å². The van der Waals surface area contributed by atoms with Crippen molar-refractivity contribution in [2.24, 2.45) is 11.3 Å². The molecule has 0 unspecified atom stereocenters. The molecule has 0 radical (unpaired) electrons. The fraction of sp³-hybridized carbons (Fsp3) is 0.500. The second-order valence-corrected chi connectivity index (χ2v) is 5.37. The maximum Gasteiger partial charge on any atom is 0.335 e. The summed E-state index contributed by atoms with van der Waals surface area (Å²) in [7, 11) is 0. The Morgan fingerprint density at radius 1 is 1.29 bits per heavy atom. The van der Waals surface area contributed by atoms with E-state index in [1.165, 1.54) is 25.7 Å². The van der Waals surface area contributed by atoms with Gasteiger partial charge >= 0.3 is 5.97 Å². The summed E-state index contributed by atoms with van der Waals surface area (Å²) in [6.45, 7) is 1.05. The van der Waals surface area contributed by atoms with Crippen LogP contribution in [0.4, 0.5) is 5.69 Å². The van der Waals surface area contributed by atoms with Crippen molar-refractivity contribution < 1.29 is 9.90 Å². The highest BCUT2D eigenvalue weighted by Crippen LogP contribution is 2.61. The third-order valence-corrected chi connectivity index (χ3v) is 4.11. The molecular weight excluding hydrogens is 214 g/mol. The number of carbonyl (C=O) groups is 1. The van der Waals surface area contributed by atoms with Crippen molar-refractivity contribution in [3.05, 3.63) is 29.8 Å². The average molecular weight is 231 g/mol. The molecule has 0 aromatic heterocycles. The van der Waals surface area contributed by atoms with E-state index in [9.17, 15) is 4.79 Å². The Balaban J connectivity index is 1.59. The van der Waals surface area contributed by atoms with Crippen LogP contribution in [0.15, 0.2) is 24.3 Å². The number of carboxylic acid groups (broad SMARTS) is 1. The molecule has 0 aliphatic heterocycles. The van der Waals surface area contributed by atoms with Gasteiger partial charge in [-0.05, 0) is 61.3 Å². The molecule has 3 rings (SSSR count). The van der Waals surface area contributed by atoms with E-state index < -0.39 is 5.97 Å². The quantitative estimate of drug-likeness (QED) is 0.819. The second-order valence-electron chi connectivity index (χ2n) is 5.37. The average Bonchev–Trinajstić information content (AvgIpc) is 3.17. The largest absolute Gasteiger partial charge is 0.478 e. The van der Waals surface area contributed by atoms with Crippen molar-refractivity contribution in [2.45, 2.75) is 25.7 Å². The number of rotatable bonds is 5. The number of anilines is 1. The van der Waals surface area contributed by atoms with Crippen molar-refractivity contribution in [3.63, 3.8) is 0 Å². The molecule has 0 amide bonds. The van der Waals surface area contributed by atoms with Crippen LogP contribution in [0.1, 0.15) is 36.0 Å². The van der Waals surface area contributed by atoms with Gasteiger partial charge in [-0.1, -0.05) is 0 Å². The summed E-state index contributed by atoms with van der Waals surface area (Å²) in [6.07, 6.45) is 5.52. The highest BCUT2D eigenvalue weighted by atomic mass is 16.4. The van der Waals surface area contributed by atoms with E-state index in [4.69, 9.17) is 5.11 Å².